The van der Waals surface area contributed by atoms with E-state index in [0.29, 0.717) is 40.0 Å². The first-order valence-electron chi connectivity index (χ1n) is 7.62. The second-order valence-corrected chi connectivity index (χ2v) is 6.83. The van der Waals surface area contributed by atoms with Crippen LogP contribution in [0.4, 0.5) is 5.13 Å². The number of carbonyl (C=O) groups excluding carboxylic acids is 2. The summed E-state index contributed by atoms with van der Waals surface area (Å²) < 4.78 is 0. The van der Waals surface area contributed by atoms with E-state index in [2.05, 4.69) is 15.3 Å². The van der Waals surface area contributed by atoms with Gasteiger partial charge < -0.3 is 10.2 Å². The zero-order chi connectivity index (χ0) is 16.4. The number of hydrogen-bond acceptors (Lipinski definition) is 5. The fourth-order valence-corrected chi connectivity index (χ4v) is 3.77. The Morgan fingerprint density at radius 3 is 3.04 bits per heavy atom. The molecule has 1 saturated heterocycles. The van der Waals surface area contributed by atoms with Crippen molar-refractivity contribution in [1.82, 2.24) is 14.9 Å². The number of aromatic nitrogens is 2. The summed E-state index contributed by atoms with van der Waals surface area (Å²) in [5.41, 5.74) is 0.694. The van der Waals surface area contributed by atoms with Crippen LogP contribution in [-0.2, 0) is 9.59 Å². The molecule has 0 aliphatic carbocycles. The Bertz CT molecular complexity index is 748. The summed E-state index contributed by atoms with van der Waals surface area (Å²) in [5, 5.41) is 3.69. The summed E-state index contributed by atoms with van der Waals surface area (Å²) >= 11 is 7.13. The number of nitrogens with one attached hydrogen (secondary N) is 1. The first kappa shape index (κ1) is 16.1. The predicted molar refractivity (Wildman–Crippen MR) is 90.7 cm³/mol. The molecule has 1 aliphatic rings. The monoisotopic (exact) mass is 352 g/mol. The van der Waals surface area contributed by atoms with Gasteiger partial charge in [0.1, 0.15) is 21.5 Å². The maximum absolute atomic E-state index is 12.5. The molecular weight excluding hydrogens is 336 g/mol. The van der Waals surface area contributed by atoms with Crippen molar-refractivity contribution in [3.8, 4) is 0 Å². The van der Waals surface area contributed by atoms with E-state index < -0.39 is 6.04 Å². The van der Waals surface area contributed by atoms with E-state index in [9.17, 15) is 9.59 Å². The maximum atomic E-state index is 12.5. The maximum Gasteiger partial charge on any atom is 0.248 e. The van der Waals surface area contributed by atoms with Gasteiger partial charge >= 0.3 is 0 Å². The van der Waals surface area contributed by atoms with Gasteiger partial charge in [-0.2, -0.15) is 0 Å². The average Bonchev–Trinajstić information content (AvgIpc) is 3.12. The number of pyridine rings is 1. The van der Waals surface area contributed by atoms with Gasteiger partial charge in [0.25, 0.3) is 0 Å². The Morgan fingerprint density at radius 2 is 2.26 bits per heavy atom. The molecule has 0 spiro atoms. The fourth-order valence-electron chi connectivity index (χ4n) is 2.73. The highest BCUT2D eigenvalue weighted by Crippen LogP contribution is 2.27. The minimum absolute atomic E-state index is 0.0444. The lowest BCUT2D eigenvalue weighted by atomic mass is 10.2. The van der Waals surface area contributed by atoms with Crippen LogP contribution in [0.3, 0.4) is 0 Å². The highest BCUT2D eigenvalue weighted by Gasteiger charge is 2.33. The lowest BCUT2D eigenvalue weighted by molar-refractivity contribution is -0.136. The van der Waals surface area contributed by atoms with Crippen LogP contribution in [0.2, 0.25) is 5.15 Å². The van der Waals surface area contributed by atoms with Gasteiger partial charge in [-0.25, -0.2) is 9.97 Å². The van der Waals surface area contributed by atoms with Crippen LogP contribution >= 0.6 is 22.9 Å². The summed E-state index contributed by atoms with van der Waals surface area (Å²) in [7, 11) is 0. The fraction of sp³-hybridized carbons (Fsp3) is 0.467. The van der Waals surface area contributed by atoms with E-state index in [1.165, 1.54) is 11.3 Å². The molecule has 2 amide bonds. The summed E-state index contributed by atoms with van der Waals surface area (Å²) in [4.78, 5) is 35.5. The SMILES string of the molecule is CCCC(=O)N1CCC[C@H]1C(=O)Nc1nc2ccc(Cl)nc2s1. The van der Waals surface area contributed by atoms with Gasteiger partial charge in [-0.3, -0.25) is 9.59 Å². The standard InChI is InChI=1S/C15H17ClN4O2S/c1-2-4-12(21)20-8-3-5-10(20)13(22)19-15-17-9-6-7-11(16)18-14(9)23-15/h6-7,10H,2-5,8H2,1H3,(H,17,19,22)/t10-/m0/s1. The third-order valence-electron chi connectivity index (χ3n) is 3.79. The molecule has 8 heteroatoms. The first-order valence-corrected chi connectivity index (χ1v) is 8.81. The molecule has 0 aromatic carbocycles. The minimum atomic E-state index is -0.405. The predicted octanol–water partition coefficient (Wildman–Crippen LogP) is 3.07. The van der Waals surface area contributed by atoms with Crippen molar-refractivity contribution in [1.29, 1.82) is 0 Å². The molecule has 23 heavy (non-hydrogen) atoms. The normalized spacial score (nSPS) is 17.7. The lowest BCUT2D eigenvalue weighted by Gasteiger charge is -2.23. The number of rotatable bonds is 4. The van der Waals surface area contributed by atoms with Crippen LogP contribution in [0.15, 0.2) is 12.1 Å². The van der Waals surface area contributed by atoms with E-state index in [-0.39, 0.29) is 11.8 Å². The molecule has 6 nitrogen and oxygen atoms in total. The van der Waals surface area contributed by atoms with Crippen LogP contribution in [-0.4, -0.2) is 39.3 Å². The number of anilines is 1. The van der Waals surface area contributed by atoms with Gasteiger partial charge in [0.15, 0.2) is 5.13 Å². The quantitative estimate of drug-likeness (QED) is 0.858. The summed E-state index contributed by atoms with van der Waals surface area (Å²) in [5.74, 6) is -0.139. The van der Waals surface area contributed by atoms with Gasteiger partial charge in [0.05, 0.1) is 0 Å². The van der Waals surface area contributed by atoms with Crippen molar-refractivity contribution in [3.63, 3.8) is 0 Å². The van der Waals surface area contributed by atoms with Crippen molar-refractivity contribution in [3.05, 3.63) is 17.3 Å². The number of carbonyl (C=O) groups is 2. The number of amides is 2. The molecule has 2 aromatic rings. The molecule has 1 N–H and O–H groups in total. The number of nitrogens with zero attached hydrogens (tertiary/aromatic N) is 3. The largest absolute Gasteiger partial charge is 0.331 e. The molecule has 0 saturated carbocycles. The molecule has 3 heterocycles. The molecule has 1 aliphatic heterocycles. The van der Waals surface area contributed by atoms with Crippen LogP contribution < -0.4 is 5.32 Å². The van der Waals surface area contributed by atoms with E-state index in [1.54, 1.807) is 17.0 Å². The minimum Gasteiger partial charge on any atom is -0.331 e. The third kappa shape index (κ3) is 3.45. The van der Waals surface area contributed by atoms with Crippen LogP contribution in [0.1, 0.15) is 32.6 Å². The highest BCUT2D eigenvalue weighted by atomic mass is 35.5. The molecule has 2 aromatic heterocycles. The third-order valence-corrected chi connectivity index (χ3v) is 4.88. The Labute approximate surface area is 142 Å². The smallest absolute Gasteiger partial charge is 0.248 e. The van der Waals surface area contributed by atoms with Gasteiger partial charge in [-0.1, -0.05) is 29.9 Å². The second-order valence-electron chi connectivity index (χ2n) is 5.46. The zero-order valence-corrected chi connectivity index (χ0v) is 14.3. The number of likely N-dealkylation sites (tertiary alicyclic amines) is 1. The van der Waals surface area contributed by atoms with Gasteiger partial charge in [-0.05, 0) is 31.4 Å². The van der Waals surface area contributed by atoms with Gasteiger partial charge in [-0.15, -0.1) is 0 Å². The van der Waals surface area contributed by atoms with E-state index in [4.69, 9.17) is 11.6 Å². The lowest BCUT2D eigenvalue weighted by Crippen LogP contribution is -2.43. The molecule has 0 bridgehead atoms. The summed E-state index contributed by atoms with van der Waals surface area (Å²) in [6.45, 7) is 2.61. The van der Waals surface area contributed by atoms with Crippen molar-refractivity contribution < 1.29 is 9.59 Å². The first-order chi connectivity index (χ1) is 11.1. The van der Waals surface area contributed by atoms with E-state index in [1.807, 2.05) is 6.92 Å². The second kappa shape index (κ2) is 6.80. The van der Waals surface area contributed by atoms with Gasteiger partial charge in [0, 0.05) is 13.0 Å². The molecule has 122 valence electrons. The van der Waals surface area contributed by atoms with Crippen LogP contribution in [0.5, 0.6) is 0 Å². The number of hydrogen-bond donors (Lipinski definition) is 1. The molecule has 1 fully saturated rings. The Morgan fingerprint density at radius 1 is 1.43 bits per heavy atom. The van der Waals surface area contributed by atoms with E-state index >= 15 is 0 Å². The Kier molecular flexibility index (Phi) is 4.77. The molecular formula is C15H17ClN4O2S. The summed E-state index contributed by atoms with van der Waals surface area (Å²) in [6, 6.07) is 3.03. The number of thiazole rings is 1. The Balaban J connectivity index is 1.73. The topological polar surface area (TPSA) is 75.2 Å². The van der Waals surface area contributed by atoms with Crippen molar-refractivity contribution in [2.75, 3.05) is 11.9 Å². The molecule has 3 rings (SSSR count). The van der Waals surface area contributed by atoms with Crippen molar-refractivity contribution in [2.24, 2.45) is 0 Å². The molecule has 0 unspecified atom stereocenters. The zero-order valence-electron chi connectivity index (χ0n) is 12.7. The number of fused-ring (bicyclic) bond motifs is 1. The van der Waals surface area contributed by atoms with E-state index in [0.717, 1.165) is 12.8 Å². The number of halogens is 1. The summed E-state index contributed by atoms with van der Waals surface area (Å²) in [6.07, 6.45) is 2.81. The van der Waals surface area contributed by atoms with Crippen LogP contribution in [0.25, 0.3) is 10.3 Å². The highest BCUT2D eigenvalue weighted by molar-refractivity contribution is 7.22. The van der Waals surface area contributed by atoms with Gasteiger partial charge in [0.2, 0.25) is 11.8 Å². The van der Waals surface area contributed by atoms with Crippen molar-refractivity contribution >= 4 is 50.2 Å². The average molecular weight is 353 g/mol. The molecule has 0 radical (unpaired) electrons. The van der Waals surface area contributed by atoms with Crippen molar-refractivity contribution in [2.45, 2.75) is 38.6 Å². The van der Waals surface area contributed by atoms with Crippen LogP contribution in [0, 0.1) is 0 Å². The Hall–Kier alpha value is -1.73. The molecule has 1 atom stereocenters.